The number of hydrogen-bond donors (Lipinski definition) is 1. The Labute approximate surface area is 170 Å². The summed E-state index contributed by atoms with van der Waals surface area (Å²) in [6.07, 6.45) is 2.73. The fraction of sp³-hybridized carbons (Fsp3) is 0.579. The molecule has 0 saturated carbocycles. The molecular weight excluding hydrogens is 398 g/mol. The van der Waals surface area contributed by atoms with Gasteiger partial charge in [0, 0.05) is 43.9 Å². The largest absolute Gasteiger partial charge is 0.486 e. The van der Waals surface area contributed by atoms with Gasteiger partial charge in [-0.05, 0) is 25.0 Å². The number of carbonyl (C=O) groups is 2. The van der Waals surface area contributed by atoms with Crippen LogP contribution < -0.4 is 19.7 Å². The highest BCUT2D eigenvalue weighted by atomic mass is 32.2. The molecular formula is C19H25N3O6S. The Balaban J connectivity index is 1.39. The Morgan fingerprint density at radius 3 is 2.69 bits per heavy atom. The van der Waals surface area contributed by atoms with Gasteiger partial charge in [0.2, 0.25) is 21.8 Å². The molecule has 0 radical (unpaired) electrons. The molecule has 0 spiro atoms. The first-order valence-corrected chi connectivity index (χ1v) is 11.6. The number of anilines is 1. The maximum absolute atomic E-state index is 12.7. The van der Waals surface area contributed by atoms with E-state index in [0.29, 0.717) is 43.4 Å². The second-order valence-corrected chi connectivity index (χ2v) is 9.68. The maximum Gasteiger partial charge on any atom is 0.227 e. The van der Waals surface area contributed by atoms with Crippen LogP contribution in [0.15, 0.2) is 18.2 Å². The zero-order valence-electron chi connectivity index (χ0n) is 16.3. The molecule has 1 aromatic rings. The van der Waals surface area contributed by atoms with E-state index in [1.807, 2.05) is 0 Å². The summed E-state index contributed by atoms with van der Waals surface area (Å²) in [5.41, 5.74) is 0.676. The molecule has 0 aliphatic carbocycles. The highest BCUT2D eigenvalue weighted by molar-refractivity contribution is 7.88. The molecule has 3 heterocycles. The Hall–Kier alpha value is -2.33. The van der Waals surface area contributed by atoms with Gasteiger partial charge in [-0.25, -0.2) is 12.7 Å². The molecule has 1 aromatic carbocycles. The molecule has 1 N–H and O–H groups in total. The lowest BCUT2D eigenvalue weighted by Gasteiger charge is -2.32. The van der Waals surface area contributed by atoms with Crippen molar-refractivity contribution in [1.29, 1.82) is 0 Å². The van der Waals surface area contributed by atoms with E-state index in [1.165, 1.54) is 10.6 Å². The number of rotatable bonds is 4. The monoisotopic (exact) mass is 423 g/mol. The van der Waals surface area contributed by atoms with E-state index in [9.17, 15) is 18.0 Å². The number of sulfonamides is 1. The van der Waals surface area contributed by atoms with Gasteiger partial charge >= 0.3 is 0 Å². The van der Waals surface area contributed by atoms with Crippen LogP contribution in [0.1, 0.15) is 19.3 Å². The highest BCUT2D eigenvalue weighted by Gasteiger charge is 2.37. The van der Waals surface area contributed by atoms with E-state index in [2.05, 4.69) is 5.32 Å². The Morgan fingerprint density at radius 2 is 1.93 bits per heavy atom. The summed E-state index contributed by atoms with van der Waals surface area (Å²) >= 11 is 0. The lowest BCUT2D eigenvalue weighted by atomic mass is 10.0. The summed E-state index contributed by atoms with van der Waals surface area (Å²) in [6.45, 7) is 1.99. The minimum Gasteiger partial charge on any atom is -0.486 e. The van der Waals surface area contributed by atoms with Crippen molar-refractivity contribution in [3.8, 4) is 11.5 Å². The second kappa shape index (κ2) is 7.83. The fourth-order valence-corrected chi connectivity index (χ4v) is 4.92. The topological polar surface area (TPSA) is 105 Å². The van der Waals surface area contributed by atoms with Gasteiger partial charge in [0.15, 0.2) is 11.5 Å². The van der Waals surface area contributed by atoms with Gasteiger partial charge in [-0.1, -0.05) is 0 Å². The Morgan fingerprint density at radius 1 is 1.17 bits per heavy atom. The summed E-state index contributed by atoms with van der Waals surface area (Å²) in [6, 6.07) is 5.09. The normalized spacial score (nSPS) is 25.1. The van der Waals surface area contributed by atoms with Crippen LogP contribution in [0, 0.1) is 5.92 Å². The quantitative estimate of drug-likeness (QED) is 0.749. The lowest BCUT2D eigenvalue weighted by Crippen LogP contribution is -2.50. The van der Waals surface area contributed by atoms with Crippen molar-refractivity contribution < 1.29 is 27.5 Å². The number of nitrogens with one attached hydrogen (secondary N) is 1. The van der Waals surface area contributed by atoms with Crippen LogP contribution in [0.5, 0.6) is 11.5 Å². The zero-order valence-corrected chi connectivity index (χ0v) is 17.1. The average Bonchev–Trinajstić information content (AvgIpc) is 3.09. The zero-order chi connectivity index (χ0) is 20.6. The molecule has 3 aliphatic rings. The standard InChI is InChI=1S/C19H25N3O6S/c1-29(25,26)21-6-2-3-14(12-21)20-19(24)13-9-18(23)22(11-13)15-4-5-16-17(10-15)28-8-7-27-16/h4-5,10,13-14H,2-3,6-9,11-12H2,1H3,(H,20,24). The van der Waals surface area contributed by atoms with Crippen molar-refractivity contribution in [2.45, 2.75) is 25.3 Å². The van der Waals surface area contributed by atoms with Crippen LogP contribution in [0.2, 0.25) is 0 Å². The molecule has 0 aromatic heterocycles. The van der Waals surface area contributed by atoms with E-state index < -0.39 is 15.9 Å². The predicted molar refractivity (Wildman–Crippen MR) is 105 cm³/mol. The van der Waals surface area contributed by atoms with Crippen LogP contribution in [0.25, 0.3) is 0 Å². The number of amides is 2. The smallest absolute Gasteiger partial charge is 0.227 e. The lowest BCUT2D eigenvalue weighted by molar-refractivity contribution is -0.127. The molecule has 2 unspecified atom stereocenters. The van der Waals surface area contributed by atoms with E-state index in [0.717, 1.165) is 6.42 Å². The molecule has 2 atom stereocenters. The van der Waals surface area contributed by atoms with Crippen molar-refractivity contribution in [2.24, 2.45) is 5.92 Å². The number of hydrogen-bond acceptors (Lipinski definition) is 6. The van der Waals surface area contributed by atoms with E-state index >= 15 is 0 Å². The number of fused-ring (bicyclic) bond motifs is 1. The van der Waals surface area contributed by atoms with Crippen LogP contribution in [0.4, 0.5) is 5.69 Å². The molecule has 2 saturated heterocycles. The first-order chi connectivity index (χ1) is 13.8. The third kappa shape index (κ3) is 4.32. The molecule has 10 heteroatoms. The van der Waals surface area contributed by atoms with Crippen LogP contribution in [-0.4, -0.2) is 69.7 Å². The minimum absolute atomic E-state index is 0.122. The maximum atomic E-state index is 12.7. The van der Waals surface area contributed by atoms with Gasteiger partial charge in [0.05, 0.1) is 12.2 Å². The Bertz CT molecular complexity index is 919. The number of benzene rings is 1. The third-order valence-electron chi connectivity index (χ3n) is 5.53. The van der Waals surface area contributed by atoms with E-state index in [4.69, 9.17) is 9.47 Å². The van der Waals surface area contributed by atoms with Gasteiger partial charge in [-0.3, -0.25) is 9.59 Å². The minimum atomic E-state index is -3.28. The molecule has 29 heavy (non-hydrogen) atoms. The van der Waals surface area contributed by atoms with Gasteiger partial charge in [0.1, 0.15) is 13.2 Å². The first-order valence-electron chi connectivity index (χ1n) is 9.77. The number of ether oxygens (including phenoxy) is 2. The van der Waals surface area contributed by atoms with E-state index in [-0.39, 0.29) is 37.4 Å². The molecule has 2 fully saturated rings. The number of carbonyl (C=O) groups excluding carboxylic acids is 2. The molecule has 0 bridgehead atoms. The van der Waals surface area contributed by atoms with E-state index in [1.54, 1.807) is 23.1 Å². The molecule has 3 aliphatic heterocycles. The van der Waals surface area contributed by atoms with Crippen molar-refractivity contribution in [2.75, 3.05) is 44.0 Å². The van der Waals surface area contributed by atoms with Crippen molar-refractivity contribution in [1.82, 2.24) is 9.62 Å². The summed E-state index contributed by atoms with van der Waals surface area (Å²) in [4.78, 5) is 26.8. The number of nitrogens with zero attached hydrogens (tertiary/aromatic N) is 2. The summed E-state index contributed by atoms with van der Waals surface area (Å²) < 4.78 is 36.0. The third-order valence-corrected chi connectivity index (χ3v) is 6.80. The average molecular weight is 423 g/mol. The summed E-state index contributed by atoms with van der Waals surface area (Å²) in [5, 5.41) is 2.94. The Kier molecular flexibility index (Phi) is 5.39. The van der Waals surface area contributed by atoms with Gasteiger partial charge in [0.25, 0.3) is 0 Å². The predicted octanol–water partition coefficient (Wildman–Crippen LogP) is 0.351. The first kappa shape index (κ1) is 20.0. The van der Waals surface area contributed by atoms with Gasteiger partial charge < -0.3 is 19.7 Å². The van der Waals surface area contributed by atoms with Gasteiger partial charge in [-0.15, -0.1) is 0 Å². The van der Waals surface area contributed by atoms with Crippen molar-refractivity contribution in [3.05, 3.63) is 18.2 Å². The summed E-state index contributed by atoms with van der Waals surface area (Å²) in [7, 11) is -3.28. The summed E-state index contributed by atoms with van der Waals surface area (Å²) in [5.74, 6) is 0.442. The van der Waals surface area contributed by atoms with Crippen LogP contribution in [-0.2, 0) is 19.6 Å². The highest BCUT2D eigenvalue weighted by Crippen LogP contribution is 2.36. The molecule has 158 valence electrons. The molecule has 4 rings (SSSR count). The second-order valence-electron chi connectivity index (χ2n) is 7.70. The van der Waals surface area contributed by atoms with Crippen LogP contribution in [0.3, 0.4) is 0 Å². The van der Waals surface area contributed by atoms with Gasteiger partial charge in [-0.2, -0.15) is 0 Å². The molecule has 2 amide bonds. The van der Waals surface area contributed by atoms with Crippen molar-refractivity contribution >= 4 is 27.5 Å². The van der Waals surface area contributed by atoms with Crippen LogP contribution >= 0.6 is 0 Å². The molecule has 9 nitrogen and oxygen atoms in total. The fourth-order valence-electron chi connectivity index (χ4n) is 4.01. The van der Waals surface area contributed by atoms with Crippen molar-refractivity contribution in [3.63, 3.8) is 0 Å². The number of piperidine rings is 1. The SMILES string of the molecule is CS(=O)(=O)N1CCCC(NC(=O)C2CC(=O)N(c3ccc4c(c3)OCCO4)C2)C1.